The summed E-state index contributed by atoms with van der Waals surface area (Å²) in [6.07, 6.45) is 10.4. The van der Waals surface area contributed by atoms with Gasteiger partial charge in [0.05, 0.1) is 0 Å². The highest BCUT2D eigenvalue weighted by molar-refractivity contribution is 6.13. The number of hydrogen-bond acceptors (Lipinski definition) is 5. The SMILES string of the molecule is CC(C)(C)C1=CC(=CC2=C([O-])C(C=C3C=C(C(C)(C)C)OC(C(C)(C)C)=C3)=C([O-])C2=O)C=C(C(C)(C)C)O1. The number of carbonyl (C=O) groups is 1. The Bertz CT molecular complexity index is 1220. The number of Topliss-reactive ketones (excluding diaryl/α,β-unsaturated/α-hetero) is 1. The van der Waals surface area contributed by atoms with Crippen LogP contribution >= 0.6 is 0 Å². The molecule has 0 atom stereocenters. The van der Waals surface area contributed by atoms with Gasteiger partial charge in [0, 0.05) is 27.2 Å². The Morgan fingerprint density at radius 1 is 0.526 bits per heavy atom. The quantitative estimate of drug-likeness (QED) is 0.421. The van der Waals surface area contributed by atoms with E-state index in [1.54, 1.807) is 0 Å². The number of carbonyl (C=O) groups excluding carboxylic acids is 1. The highest BCUT2D eigenvalue weighted by Crippen LogP contribution is 2.41. The van der Waals surface area contributed by atoms with Gasteiger partial charge in [-0.2, -0.15) is 0 Å². The van der Waals surface area contributed by atoms with Crippen LogP contribution < -0.4 is 10.2 Å². The second kappa shape index (κ2) is 9.52. The molecule has 0 radical (unpaired) electrons. The zero-order valence-electron chi connectivity index (χ0n) is 25.0. The molecular weight excluding hydrogens is 476 g/mol. The van der Waals surface area contributed by atoms with Gasteiger partial charge in [-0.3, -0.25) is 4.79 Å². The lowest BCUT2D eigenvalue weighted by Gasteiger charge is -2.33. The van der Waals surface area contributed by atoms with Crippen LogP contribution in [0.5, 0.6) is 0 Å². The van der Waals surface area contributed by atoms with Gasteiger partial charge < -0.3 is 19.7 Å². The summed E-state index contributed by atoms with van der Waals surface area (Å²) in [7, 11) is 0. The minimum Gasteiger partial charge on any atom is -0.872 e. The molecule has 5 heteroatoms. The summed E-state index contributed by atoms with van der Waals surface area (Å²) in [5.41, 5.74) is -0.0829. The second-order valence-corrected chi connectivity index (χ2v) is 14.3. The van der Waals surface area contributed by atoms with E-state index < -0.39 is 17.3 Å². The molecule has 1 aliphatic carbocycles. The first kappa shape index (κ1) is 29.3. The number of hydrogen-bond donors (Lipinski definition) is 0. The molecule has 0 aromatic carbocycles. The van der Waals surface area contributed by atoms with E-state index in [9.17, 15) is 15.0 Å². The second-order valence-electron chi connectivity index (χ2n) is 14.3. The predicted octanol–water partition coefficient (Wildman–Crippen LogP) is 6.43. The summed E-state index contributed by atoms with van der Waals surface area (Å²) in [5.74, 6) is 0.784. The molecule has 0 fully saturated rings. The van der Waals surface area contributed by atoms with Gasteiger partial charge in [-0.15, -0.1) is 0 Å². The van der Waals surface area contributed by atoms with Crippen LogP contribution in [0.3, 0.4) is 0 Å². The van der Waals surface area contributed by atoms with Crippen molar-refractivity contribution in [2.75, 3.05) is 0 Å². The van der Waals surface area contributed by atoms with Crippen LogP contribution in [0.25, 0.3) is 0 Å². The minimum absolute atomic E-state index is 0.125. The fraction of sp³-hybridized carbons (Fsp3) is 0.485. The Balaban J connectivity index is 2.14. The van der Waals surface area contributed by atoms with E-state index in [1.807, 2.05) is 107 Å². The van der Waals surface area contributed by atoms with E-state index in [-0.39, 0.29) is 32.8 Å². The minimum atomic E-state index is -0.788. The third kappa shape index (κ3) is 6.25. The maximum absolute atomic E-state index is 13.4. The van der Waals surface area contributed by atoms with Crippen LogP contribution in [-0.2, 0) is 14.3 Å². The van der Waals surface area contributed by atoms with Crippen molar-refractivity contribution < 1.29 is 24.5 Å². The van der Waals surface area contributed by atoms with Crippen LogP contribution in [0.2, 0.25) is 0 Å². The molecule has 0 amide bonds. The molecule has 0 aromatic heterocycles. The fourth-order valence-corrected chi connectivity index (χ4v) is 3.88. The summed E-state index contributed by atoms with van der Waals surface area (Å²) in [6.45, 7) is 24.4. The molecule has 0 bridgehead atoms. The van der Waals surface area contributed by atoms with Gasteiger partial charge in [-0.1, -0.05) is 94.6 Å². The molecule has 3 rings (SSSR count). The third-order valence-corrected chi connectivity index (χ3v) is 6.39. The molecule has 5 nitrogen and oxygen atoms in total. The Labute approximate surface area is 228 Å². The summed E-state index contributed by atoms with van der Waals surface area (Å²) in [4.78, 5) is 13.0. The zero-order valence-corrected chi connectivity index (χ0v) is 25.0. The molecule has 38 heavy (non-hydrogen) atoms. The lowest BCUT2D eigenvalue weighted by atomic mass is 9.86. The standard InChI is InChI=1S/C33H44O5/c1-30(2,3)23-15-19(16-24(37-23)31(4,5)6)13-21-27(34)22(29(36)28(21)35)14-20-17-25(32(7,8)9)38-26(18-20)33(10,11)12/h13-18,34H,1-12H3,(H,35,36)/p-2. The lowest BCUT2D eigenvalue weighted by molar-refractivity contribution is -0.307. The molecule has 0 saturated heterocycles. The van der Waals surface area contributed by atoms with Gasteiger partial charge in [0.15, 0.2) is 5.78 Å². The largest absolute Gasteiger partial charge is 0.872 e. The smallest absolute Gasteiger partial charge is 0.178 e. The molecule has 206 valence electrons. The Morgan fingerprint density at radius 2 is 0.816 bits per heavy atom. The Kier molecular flexibility index (Phi) is 7.35. The van der Waals surface area contributed by atoms with Crippen molar-refractivity contribution in [1.29, 1.82) is 0 Å². The van der Waals surface area contributed by atoms with Crippen molar-refractivity contribution in [3.8, 4) is 0 Å². The highest BCUT2D eigenvalue weighted by atomic mass is 16.5. The first-order valence-electron chi connectivity index (χ1n) is 13.1. The van der Waals surface area contributed by atoms with Gasteiger partial charge in [0.1, 0.15) is 23.0 Å². The molecule has 0 spiro atoms. The first-order chi connectivity index (χ1) is 17.1. The van der Waals surface area contributed by atoms with E-state index in [0.29, 0.717) is 11.1 Å². The average Bonchev–Trinajstić information content (AvgIpc) is 2.94. The maximum Gasteiger partial charge on any atom is 0.178 e. The van der Waals surface area contributed by atoms with Crippen molar-refractivity contribution in [1.82, 2.24) is 0 Å². The highest BCUT2D eigenvalue weighted by Gasteiger charge is 2.31. The summed E-state index contributed by atoms with van der Waals surface area (Å²) in [6, 6.07) is 0. The van der Waals surface area contributed by atoms with E-state index in [1.165, 1.54) is 12.2 Å². The van der Waals surface area contributed by atoms with Crippen LogP contribution in [0.1, 0.15) is 83.1 Å². The molecule has 2 heterocycles. The number of ketones is 1. The van der Waals surface area contributed by atoms with Gasteiger partial charge in [0.25, 0.3) is 0 Å². The van der Waals surface area contributed by atoms with Crippen LogP contribution in [0.4, 0.5) is 0 Å². The van der Waals surface area contributed by atoms with E-state index in [4.69, 9.17) is 9.47 Å². The molecule has 0 unspecified atom stereocenters. The molecule has 2 aliphatic heterocycles. The normalized spacial score (nSPS) is 19.5. The van der Waals surface area contributed by atoms with E-state index >= 15 is 0 Å². The van der Waals surface area contributed by atoms with Crippen LogP contribution in [-0.4, -0.2) is 5.78 Å². The number of rotatable bonds is 2. The van der Waals surface area contributed by atoms with Crippen molar-refractivity contribution in [3.05, 3.63) is 93.3 Å². The van der Waals surface area contributed by atoms with Gasteiger partial charge >= 0.3 is 0 Å². The Morgan fingerprint density at radius 3 is 1.11 bits per heavy atom. The van der Waals surface area contributed by atoms with E-state index in [2.05, 4.69) is 0 Å². The van der Waals surface area contributed by atoms with E-state index in [0.717, 1.165) is 23.0 Å². The van der Waals surface area contributed by atoms with Gasteiger partial charge in [0.2, 0.25) is 0 Å². The van der Waals surface area contributed by atoms with Crippen molar-refractivity contribution in [2.45, 2.75) is 83.1 Å². The average molecular weight is 519 g/mol. The predicted molar refractivity (Wildman–Crippen MR) is 148 cm³/mol. The fourth-order valence-electron chi connectivity index (χ4n) is 3.88. The maximum atomic E-state index is 13.4. The number of allylic oxidation sites excluding steroid dienone is 13. The number of ether oxygens (including phenoxy) is 2. The topological polar surface area (TPSA) is 81.6 Å². The molecule has 0 saturated carbocycles. The molecule has 0 aromatic rings. The van der Waals surface area contributed by atoms with Crippen LogP contribution in [0.15, 0.2) is 93.3 Å². The van der Waals surface area contributed by atoms with Crippen LogP contribution in [0, 0.1) is 21.7 Å². The lowest BCUT2D eigenvalue weighted by Crippen LogP contribution is -2.21. The molecule has 3 aliphatic rings. The Hall–Kier alpha value is -3.21. The zero-order chi connectivity index (χ0) is 29.0. The summed E-state index contributed by atoms with van der Waals surface area (Å²) >= 11 is 0. The van der Waals surface area contributed by atoms with Crippen molar-refractivity contribution >= 4 is 5.78 Å². The molecule has 0 N–H and O–H groups in total. The summed E-state index contributed by atoms with van der Waals surface area (Å²) < 4.78 is 12.4. The summed E-state index contributed by atoms with van der Waals surface area (Å²) in [5, 5.41) is 26.5. The monoisotopic (exact) mass is 518 g/mol. The van der Waals surface area contributed by atoms with Gasteiger partial charge in [-0.05, 0) is 53.2 Å². The van der Waals surface area contributed by atoms with Gasteiger partial charge in [-0.25, -0.2) is 0 Å². The van der Waals surface area contributed by atoms with Crippen molar-refractivity contribution in [2.24, 2.45) is 21.7 Å². The first-order valence-corrected chi connectivity index (χ1v) is 13.1. The molecular formula is C33H42O5-2. The van der Waals surface area contributed by atoms with Crippen molar-refractivity contribution in [3.63, 3.8) is 0 Å². The third-order valence-electron chi connectivity index (χ3n) is 6.39.